The summed E-state index contributed by atoms with van der Waals surface area (Å²) in [6, 6.07) is 7.05. The molecule has 132 valence electrons. The topological polar surface area (TPSA) is 23.6 Å². The minimum Gasteiger partial charge on any atom is -0.371 e. The number of carbonyl (C=O) groups excluding carboxylic acids is 1. The Kier molecular flexibility index (Phi) is 4.14. The molecule has 1 heterocycles. The lowest BCUT2D eigenvalue weighted by Gasteiger charge is -2.35. The molecule has 2 aromatic carbocycles. The number of nitrogens with zero attached hydrogens (tertiary/aromatic N) is 2. The fraction of sp³-hybridized carbons (Fsp3) is 0.235. The van der Waals surface area contributed by atoms with Gasteiger partial charge in [-0.2, -0.15) is 13.2 Å². The van der Waals surface area contributed by atoms with E-state index in [9.17, 15) is 26.7 Å². The van der Waals surface area contributed by atoms with Crippen LogP contribution in [0, 0.1) is 11.6 Å². The Morgan fingerprint density at radius 1 is 1.00 bits per heavy atom. The SMILES string of the molecule is CN1CCN(C(=O)c2c(F)cc(C(F)(F)F)cc2F)c2ccccc21. The summed E-state index contributed by atoms with van der Waals surface area (Å²) < 4.78 is 66.1. The maximum absolute atomic E-state index is 14.1. The van der Waals surface area contributed by atoms with Gasteiger partial charge >= 0.3 is 6.18 Å². The number of amides is 1. The molecular weight excluding hydrogens is 343 g/mol. The van der Waals surface area contributed by atoms with E-state index < -0.39 is 34.8 Å². The summed E-state index contributed by atoms with van der Waals surface area (Å²) in [6.07, 6.45) is -4.90. The highest BCUT2D eigenvalue weighted by Gasteiger charge is 2.35. The van der Waals surface area contributed by atoms with Gasteiger partial charge in [0.15, 0.2) is 0 Å². The van der Waals surface area contributed by atoms with Gasteiger partial charge < -0.3 is 9.80 Å². The Morgan fingerprint density at radius 3 is 2.12 bits per heavy atom. The largest absolute Gasteiger partial charge is 0.416 e. The van der Waals surface area contributed by atoms with Crippen molar-refractivity contribution in [2.75, 3.05) is 29.9 Å². The van der Waals surface area contributed by atoms with Crippen LogP contribution in [-0.4, -0.2) is 26.0 Å². The molecule has 0 fully saturated rings. The third-order valence-corrected chi connectivity index (χ3v) is 4.07. The number of carbonyl (C=O) groups is 1. The van der Waals surface area contributed by atoms with Crippen LogP contribution >= 0.6 is 0 Å². The van der Waals surface area contributed by atoms with Crippen LogP contribution in [0.25, 0.3) is 0 Å². The number of likely N-dealkylation sites (N-methyl/N-ethyl adjacent to an activating group) is 1. The van der Waals surface area contributed by atoms with E-state index in [0.717, 1.165) is 0 Å². The molecule has 0 radical (unpaired) electrons. The van der Waals surface area contributed by atoms with E-state index in [-0.39, 0.29) is 18.7 Å². The zero-order chi connectivity index (χ0) is 18.4. The average molecular weight is 356 g/mol. The molecule has 8 heteroatoms. The zero-order valence-corrected chi connectivity index (χ0v) is 13.1. The maximum Gasteiger partial charge on any atom is 0.416 e. The number of benzene rings is 2. The van der Waals surface area contributed by atoms with Crippen LogP contribution in [0.1, 0.15) is 15.9 Å². The van der Waals surface area contributed by atoms with Gasteiger partial charge in [-0.3, -0.25) is 4.79 Å². The van der Waals surface area contributed by atoms with Gasteiger partial charge in [0.25, 0.3) is 5.91 Å². The van der Waals surface area contributed by atoms with Crippen molar-refractivity contribution in [2.24, 2.45) is 0 Å². The molecule has 25 heavy (non-hydrogen) atoms. The van der Waals surface area contributed by atoms with E-state index in [1.807, 2.05) is 4.90 Å². The smallest absolute Gasteiger partial charge is 0.371 e. The van der Waals surface area contributed by atoms with Crippen molar-refractivity contribution >= 4 is 17.3 Å². The van der Waals surface area contributed by atoms with Gasteiger partial charge in [-0.05, 0) is 24.3 Å². The first-order chi connectivity index (χ1) is 11.7. The standard InChI is InChI=1S/C17H13F5N2O/c1-23-6-7-24(14-5-3-2-4-13(14)23)16(25)15-11(18)8-10(9-12(15)19)17(20,21)22/h2-5,8-9H,6-7H2,1H3. The highest BCUT2D eigenvalue weighted by molar-refractivity contribution is 6.08. The van der Waals surface area contributed by atoms with E-state index in [1.165, 1.54) is 4.90 Å². The van der Waals surface area contributed by atoms with Crippen LogP contribution in [-0.2, 0) is 6.18 Å². The summed E-state index contributed by atoms with van der Waals surface area (Å²) in [4.78, 5) is 15.7. The lowest BCUT2D eigenvalue weighted by molar-refractivity contribution is -0.138. The van der Waals surface area contributed by atoms with E-state index in [1.54, 1.807) is 31.3 Å². The molecule has 0 aromatic heterocycles. The Balaban J connectivity index is 2.04. The first-order valence-electron chi connectivity index (χ1n) is 7.38. The normalized spacial score (nSPS) is 14.5. The molecule has 2 aromatic rings. The Hall–Kier alpha value is -2.64. The molecule has 0 unspecified atom stereocenters. The van der Waals surface area contributed by atoms with E-state index in [0.29, 0.717) is 17.9 Å². The molecule has 1 aliphatic heterocycles. The van der Waals surface area contributed by atoms with Crippen molar-refractivity contribution in [2.45, 2.75) is 6.18 Å². The Morgan fingerprint density at radius 2 is 1.56 bits per heavy atom. The van der Waals surface area contributed by atoms with E-state index in [2.05, 4.69) is 0 Å². The van der Waals surface area contributed by atoms with Gasteiger partial charge in [0.05, 0.1) is 16.9 Å². The molecule has 0 spiro atoms. The van der Waals surface area contributed by atoms with Gasteiger partial charge in [0.2, 0.25) is 0 Å². The summed E-state index contributed by atoms with van der Waals surface area (Å²) in [5.41, 5.74) is -1.33. The van der Waals surface area contributed by atoms with Gasteiger partial charge in [-0.1, -0.05) is 12.1 Å². The quantitative estimate of drug-likeness (QED) is 0.719. The highest BCUT2D eigenvalue weighted by Crippen LogP contribution is 2.35. The second-order valence-electron chi connectivity index (χ2n) is 5.68. The number of alkyl halides is 3. The number of fused-ring (bicyclic) bond motifs is 1. The third-order valence-electron chi connectivity index (χ3n) is 4.07. The fourth-order valence-corrected chi connectivity index (χ4v) is 2.79. The Labute approximate surface area is 140 Å². The first kappa shape index (κ1) is 17.2. The molecule has 0 bridgehead atoms. The predicted molar refractivity (Wildman–Crippen MR) is 82.7 cm³/mol. The summed E-state index contributed by atoms with van der Waals surface area (Å²) in [7, 11) is 1.81. The summed E-state index contributed by atoms with van der Waals surface area (Å²) >= 11 is 0. The minimum atomic E-state index is -4.90. The van der Waals surface area contributed by atoms with E-state index in [4.69, 9.17) is 0 Å². The van der Waals surface area contributed by atoms with Crippen LogP contribution in [0.5, 0.6) is 0 Å². The molecule has 3 nitrogen and oxygen atoms in total. The Bertz CT molecular complexity index is 811. The molecule has 1 aliphatic rings. The average Bonchev–Trinajstić information content (AvgIpc) is 2.53. The second-order valence-corrected chi connectivity index (χ2v) is 5.68. The van der Waals surface area contributed by atoms with Gasteiger partial charge in [0.1, 0.15) is 17.2 Å². The van der Waals surface area contributed by atoms with Crippen LogP contribution < -0.4 is 9.80 Å². The summed E-state index contributed by atoms with van der Waals surface area (Å²) in [5, 5.41) is 0. The van der Waals surface area contributed by atoms with Crippen LogP contribution in [0.3, 0.4) is 0 Å². The molecule has 3 rings (SSSR count). The summed E-state index contributed by atoms with van der Waals surface area (Å²) in [6.45, 7) is 0.582. The summed E-state index contributed by atoms with van der Waals surface area (Å²) in [5.74, 6) is -4.08. The molecule has 0 saturated carbocycles. The van der Waals surface area contributed by atoms with Gasteiger partial charge in [0, 0.05) is 20.1 Å². The molecule has 0 saturated heterocycles. The number of hydrogen-bond acceptors (Lipinski definition) is 2. The van der Waals surface area contributed by atoms with Gasteiger partial charge in [-0.15, -0.1) is 0 Å². The number of anilines is 2. The molecule has 0 atom stereocenters. The van der Waals surface area contributed by atoms with E-state index >= 15 is 0 Å². The van der Waals surface area contributed by atoms with Crippen molar-refractivity contribution in [3.05, 3.63) is 59.2 Å². The molecule has 1 amide bonds. The minimum absolute atomic E-state index is 0.137. The number of hydrogen-bond donors (Lipinski definition) is 0. The number of rotatable bonds is 1. The third kappa shape index (κ3) is 3.04. The highest BCUT2D eigenvalue weighted by atomic mass is 19.4. The van der Waals surface area contributed by atoms with Gasteiger partial charge in [-0.25, -0.2) is 8.78 Å². The van der Waals surface area contributed by atoms with Crippen molar-refractivity contribution in [1.29, 1.82) is 0 Å². The van der Waals surface area contributed by atoms with Crippen LogP contribution in [0.15, 0.2) is 36.4 Å². The van der Waals surface area contributed by atoms with Crippen molar-refractivity contribution in [3.8, 4) is 0 Å². The molecule has 0 aliphatic carbocycles. The zero-order valence-electron chi connectivity index (χ0n) is 13.1. The maximum atomic E-state index is 14.1. The lowest BCUT2D eigenvalue weighted by Crippen LogP contribution is -2.43. The fourth-order valence-electron chi connectivity index (χ4n) is 2.79. The second kappa shape index (κ2) is 6.02. The number of para-hydroxylation sites is 2. The number of halogens is 5. The van der Waals surface area contributed by atoms with Crippen molar-refractivity contribution < 1.29 is 26.7 Å². The first-order valence-corrected chi connectivity index (χ1v) is 7.38. The van der Waals surface area contributed by atoms with Crippen molar-refractivity contribution in [1.82, 2.24) is 0 Å². The van der Waals surface area contributed by atoms with Crippen LogP contribution in [0.4, 0.5) is 33.3 Å². The monoisotopic (exact) mass is 356 g/mol. The predicted octanol–water partition coefficient (Wildman–Crippen LogP) is 4.08. The molecular formula is C17H13F5N2O. The lowest BCUT2D eigenvalue weighted by atomic mass is 10.1. The van der Waals surface area contributed by atoms with Crippen LogP contribution in [0.2, 0.25) is 0 Å². The molecule has 0 N–H and O–H groups in total. The van der Waals surface area contributed by atoms with Crippen molar-refractivity contribution in [3.63, 3.8) is 0 Å².